The summed E-state index contributed by atoms with van der Waals surface area (Å²) in [6.45, 7) is 4.73. The maximum absolute atomic E-state index is 13.4. The molecule has 0 unspecified atom stereocenters. The number of nitrogens with one attached hydrogen (secondary N) is 1. The van der Waals surface area contributed by atoms with Gasteiger partial charge in [0.05, 0.1) is 17.7 Å². The molecular weight excluding hydrogens is 522 g/mol. The van der Waals surface area contributed by atoms with Crippen LogP contribution in [-0.2, 0) is 11.2 Å². The zero-order valence-electron chi connectivity index (χ0n) is 21.1. The number of nitrogens with zero attached hydrogens (tertiary/aromatic N) is 3. The highest BCUT2D eigenvalue weighted by molar-refractivity contribution is 7.63. The molecule has 1 aromatic heterocycles. The standard InChI is InChI=1S/C29H29ClFN4O2P/c1-38(36)14-12-35(13-15-38)11-3-5-21-7-9-27-25(17-21)29(33-20-32-27)34-24-8-10-28(26(30)18-24)37-19-22-4-2-6-23(31)16-22/h2-10,16-18,20H,11-15,19H2,1H3,(H,32,33,34)/b5-3+. The second-order valence-corrected chi connectivity index (χ2v) is 13.5. The normalized spacial score (nSPS) is 15.7. The number of hydrogen-bond acceptors (Lipinski definition) is 6. The van der Waals surface area contributed by atoms with Crippen molar-refractivity contribution in [2.75, 3.05) is 43.9 Å². The molecule has 9 heteroatoms. The number of aromatic nitrogens is 2. The summed E-state index contributed by atoms with van der Waals surface area (Å²) in [7, 11) is -1.91. The van der Waals surface area contributed by atoms with E-state index in [1.807, 2.05) is 24.9 Å². The molecular formula is C29H29ClFN4O2P. The molecule has 1 saturated heterocycles. The van der Waals surface area contributed by atoms with Crippen molar-refractivity contribution in [1.82, 2.24) is 14.9 Å². The van der Waals surface area contributed by atoms with Crippen LogP contribution in [0.1, 0.15) is 11.1 Å². The van der Waals surface area contributed by atoms with Crippen molar-refractivity contribution >= 4 is 47.2 Å². The number of anilines is 2. The van der Waals surface area contributed by atoms with E-state index >= 15 is 0 Å². The van der Waals surface area contributed by atoms with E-state index < -0.39 is 7.14 Å². The highest BCUT2D eigenvalue weighted by Crippen LogP contribution is 2.42. The van der Waals surface area contributed by atoms with Crippen molar-refractivity contribution < 1.29 is 13.7 Å². The van der Waals surface area contributed by atoms with Gasteiger partial charge in [0.2, 0.25) is 0 Å². The van der Waals surface area contributed by atoms with Gasteiger partial charge in [-0.15, -0.1) is 0 Å². The Balaban J connectivity index is 1.26. The number of halogens is 2. The molecule has 4 aromatic rings. The molecule has 38 heavy (non-hydrogen) atoms. The Kier molecular flexibility index (Phi) is 8.08. The quantitative estimate of drug-likeness (QED) is 0.237. The van der Waals surface area contributed by atoms with Gasteiger partial charge in [-0.3, -0.25) is 4.90 Å². The molecule has 2 heterocycles. The second-order valence-electron chi connectivity index (χ2n) is 9.63. The third-order valence-corrected chi connectivity index (χ3v) is 9.18. The first-order chi connectivity index (χ1) is 18.3. The Labute approximate surface area is 226 Å². The van der Waals surface area contributed by atoms with Gasteiger partial charge in [-0.05, 0) is 60.3 Å². The van der Waals surface area contributed by atoms with Crippen LogP contribution in [0.4, 0.5) is 15.9 Å². The number of ether oxygens (including phenoxy) is 1. The zero-order chi connectivity index (χ0) is 26.5. The summed E-state index contributed by atoms with van der Waals surface area (Å²) in [4.78, 5) is 11.2. The molecule has 6 nitrogen and oxygen atoms in total. The van der Waals surface area contributed by atoms with Crippen LogP contribution >= 0.6 is 18.7 Å². The summed E-state index contributed by atoms with van der Waals surface area (Å²) < 4.78 is 31.4. The Morgan fingerprint density at radius 1 is 1.11 bits per heavy atom. The minimum atomic E-state index is -1.91. The number of rotatable bonds is 8. The average Bonchev–Trinajstić information content (AvgIpc) is 2.89. The zero-order valence-corrected chi connectivity index (χ0v) is 22.8. The Morgan fingerprint density at radius 2 is 1.95 bits per heavy atom. The van der Waals surface area contributed by atoms with Crippen LogP contribution in [0.25, 0.3) is 17.0 Å². The Hall–Kier alpha value is -3.25. The fourth-order valence-electron chi connectivity index (χ4n) is 4.35. The molecule has 0 atom stereocenters. The lowest BCUT2D eigenvalue weighted by molar-refractivity contribution is 0.306. The predicted molar refractivity (Wildman–Crippen MR) is 154 cm³/mol. The molecule has 1 fully saturated rings. The van der Waals surface area contributed by atoms with E-state index in [-0.39, 0.29) is 12.4 Å². The summed E-state index contributed by atoms with van der Waals surface area (Å²) in [6, 6.07) is 17.8. The minimum Gasteiger partial charge on any atom is -0.487 e. The van der Waals surface area contributed by atoms with E-state index in [1.165, 1.54) is 18.5 Å². The largest absolute Gasteiger partial charge is 0.487 e. The van der Waals surface area contributed by atoms with Gasteiger partial charge in [-0.1, -0.05) is 42.0 Å². The Morgan fingerprint density at radius 3 is 2.74 bits per heavy atom. The van der Waals surface area contributed by atoms with Gasteiger partial charge in [-0.2, -0.15) is 0 Å². The Bertz CT molecular complexity index is 1520. The predicted octanol–water partition coefficient (Wildman–Crippen LogP) is 7.07. The van der Waals surface area contributed by atoms with Crippen LogP contribution in [0.2, 0.25) is 5.02 Å². The van der Waals surface area contributed by atoms with Gasteiger partial charge >= 0.3 is 0 Å². The first kappa shape index (κ1) is 26.4. The molecule has 196 valence electrons. The van der Waals surface area contributed by atoms with Crippen LogP contribution in [0.3, 0.4) is 0 Å². The third kappa shape index (κ3) is 6.79. The van der Waals surface area contributed by atoms with Crippen molar-refractivity contribution in [3.05, 3.63) is 95.0 Å². The number of benzene rings is 3. The van der Waals surface area contributed by atoms with Crippen molar-refractivity contribution in [3.8, 4) is 5.75 Å². The molecule has 0 spiro atoms. The van der Waals surface area contributed by atoms with Crippen LogP contribution in [0.15, 0.2) is 73.1 Å². The van der Waals surface area contributed by atoms with Gasteiger partial charge in [0.1, 0.15) is 30.3 Å². The van der Waals surface area contributed by atoms with Gasteiger partial charge in [0, 0.05) is 43.0 Å². The minimum absolute atomic E-state index is 0.217. The summed E-state index contributed by atoms with van der Waals surface area (Å²) in [5.41, 5.74) is 3.36. The average molecular weight is 551 g/mol. The van der Waals surface area contributed by atoms with E-state index in [2.05, 4.69) is 38.4 Å². The molecule has 1 aliphatic rings. The van der Waals surface area contributed by atoms with Crippen LogP contribution in [0, 0.1) is 5.82 Å². The molecule has 0 saturated carbocycles. The third-order valence-electron chi connectivity index (χ3n) is 6.59. The number of hydrogen-bond donors (Lipinski definition) is 1. The van der Waals surface area contributed by atoms with Crippen molar-refractivity contribution in [2.45, 2.75) is 6.61 Å². The SMILES string of the molecule is CP1(=O)CCN(C/C=C/c2ccc3ncnc(Nc4ccc(OCc5cccc(F)c5)c(Cl)c4)c3c2)CC1. The molecule has 5 rings (SSSR count). The summed E-state index contributed by atoms with van der Waals surface area (Å²) in [6.07, 6.45) is 7.37. The van der Waals surface area contributed by atoms with Gasteiger partial charge in [0.25, 0.3) is 0 Å². The number of fused-ring (bicyclic) bond motifs is 1. The lowest BCUT2D eigenvalue weighted by atomic mass is 10.1. The lowest BCUT2D eigenvalue weighted by Gasteiger charge is -2.29. The van der Waals surface area contributed by atoms with E-state index in [1.54, 1.807) is 24.3 Å². The molecule has 1 N–H and O–H groups in total. The first-order valence-electron chi connectivity index (χ1n) is 12.5. The van der Waals surface area contributed by atoms with Gasteiger partial charge in [0.15, 0.2) is 0 Å². The smallest absolute Gasteiger partial charge is 0.141 e. The van der Waals surface area contributed by atoms with Crippen LogP contribution < -0.4 is 10.1 Å². The van der Waals surface area contributed by atoms with Gasteiger partial charge in [-0.25, -0.2) is 14.4 Å². The topological polar surface area (TPSA) is 67.4 Å². The lowest BCUT2D eigenvalue weighted by Crippen LogP contribution is -2.34. The molecule has 1 aliphatic heterocycles. The molecule has 3 aromatic carbocycles. The highest BCUT2D eigenvalue weighted by atomic mass is 35.5. The van der Waals surface area contributed by atoms with E-state index in [0.717, 1.165) is 59.7 Å². The van der Waals surface area contributed by atoms with E-state index in [0.29, 0.717) is 16.6 Å². The molecule has 0 bridgehead atoms. The van der Waals surface area contributed by atoms with Crippen molar-refractivity contribution in [1.29, 1.82) is 0 Å². The summed E-state index contributed by atoms with van der Waals surface area (Å²) in [5.74, 6) is 0.880. The summed E-state index contributed by atoms with van der Waals surface area (Å²) in [5, 5.41) is 4.67. The van der Waals surface area contributed by atoms with E-state index in [4.69, 9.17) is 16.3 Å². The first-order valence-corrected chi connectivity index (χ1v) is 15.4. The molecule has 0 amide bonds. The fourth-order valence-corrected chi connectivity index (χ4v) is 6.22. The summed E-state index contributed by atoms with van der Waals surface area (Å²) >= 11 is 6.47. The maximum Gasteiger partial charge on any atom is 0.141 e. The monoisotopic (exact) mass is 550 g/mol. The maximum atomic E-state index is 13.4. The molecule has 0 aliphatic carbocycles. The fraction of sp³-hybridized carbons (Fsp3) is 0.241. The van der Waals surface area contributed by atoms with E-state index in [9.17, 15) is 8.96 Å². The van der Waals surface area contributed by atoms with Crippen LogP contribution in [-0.4, -0.2) is 53.5 Å². The second kappa shape index (κ2) is 11.6. The highest BCUT2D eigenvalue weighted by Gasteiger charge is 2.22. The van der Waals surface area contributed by atoms with Crippen LogP contribution in [0.5, 0.6) is 5.75 Å². The molecule has 0 radical (unpaired) electrons. The van der Waals surface area contributed by atoms with Gasteiger partial charge < -0.3 is 14.6 Å². The van der Waals surface area contributed by atoms with Crippen molar-refractivity contribution in [3.63, 3.8) is 0 Å². The van der Waals surface area contributed by atoms with Crippen molar-refractivity contribution in [2.24, 2.45) is 0 Å².